The second kappa shape index (κ2) is 9.07. The second-order valence-corrected chi connectivity index (χ2v) is 15.1. The lowest BCUT2D eigenvalue weighted by Gasteiger charge is -2.54. The van der Waals surface area contributed by atoms with E-state index in [1.807, 2.05) is 6.07 Å². The van der Waals surface area contributed by atoms with Gasteiger partial charge in [0.05, 0.1) is 40.3 Å². The summed E-state index contributed by atoms with van der Waals surface area (Å²) in [5.74, 6) is 3.01. The Morgan fingerprint density at radius 1 is 0.974 bits per heavy atom. The van der Waals surface area contributed by atoms with E-state index in [4.69, 9.17) is 0 Å². The average Bonchev–Trinajstić information content (AvgIpc) is 3.38. The van der Waals surface area contributed by atoms with Crippen molar-refractivity contribution in [3.8, 4) is 0 Å². The molecule has 1 aromatic rings. The Morgan fingerprint density at radius 3 is 2.39 bits per heavy atom. The number of piperidine rings is 1. The molecule has 9 heteroatoms. The largest absolute Gasteiger partial charge is 0.370 e. The summed E-state index contributed by atoms with van der Waals surface area (Å²) in [5, 5.41) is 3.32. The number of benzene rings is 1. The first-order valence-electron chi connectivity index (χ1n) is 14.5. The van der Waals surface area contributed by atoms with Gasteiger partial charge < -0.3 is 10.2 Å². The van der Waals surface area contributed by atoms with Crippen molar-refractivity contribution in [2.75, 3.05) is 36.0 Å². The molecule has 8 rings (SSSR count). The molecule has 4 bridgehead atoms. The fourth-order valence-electron chi connectivity index (χ4n) is 9.00. The first kappa shape index (κ1) is 24.6. The SMILES string of the molecule is O=C(NCC1C2CC3CC(C2)CC1C3)[C@@H]1CCCN(c2cccc3c2C(=O)N([C@@H]2CCS(=O)(=O)C2)C3=O)C1. The van der Waals surface area contributed by atoms with Crippen molar-refractivity contribution in [3.05, 3.63) is 29.3 Å². The first-order valence-corrected chi connectivity index (χ1v) is 16.3. The van der Waals surface area contributed by atoms with Crippen molar-refractivity contribution >= 4 is 33.2 Å². The third-order valence-electron chi connectivity index (χ3n) is 10.6. The number of nitrogens with one attached hydrogen (secondary N) is 1. The Labute approximate surface area is 224 Å². The Kier molecular flexibility index (Phi) is 5.87. The van der Waals surface area contributed by atoms with Gasteiger partial charge in [-0.15, -0.1) is 0 Å². The van der Waals surface area contributed by atoms with Crippen LogP contribution in [-0.4, -0.2) is 68.2 Å². The van der Waals surface area contributed by atoms with E-state index in [0.29, 0.717) is 35.7 Å². The third kappa shape index (κ3) is 4.07. The van der Waals surface area contributed by atoms with Crippen LogP contribution in [0, 0.1) is 35.5 Å². The number of sulfone groups is 1. The maximum absolute atomic E-state index is 13.5. The van der Waals surface area contributed by atoms with Crippen molar-refractivity contribution in [2.24, 2.45) is 35.5 Å². The molecule has 2 atom stereocenters. The zero-order valence-corrected chi connectivity index (χ0v) is 22.6. The number of imide groups is 1. The summed E-state index contributed by atoms with van der Waals surface area (Å²) in [7, 11) is -3.24. The van der Waals surface area contributed by atoms with Gasteiger partial charge >= 0.3 is 0 Å². The van der Waals surface area contributed by atoms with E-state index in [9.17, 15) is 22.8 Å². The van der Waals surface area contributed by atoms with E-state index in [2.05, 4.69) is 10.2 Å². The highest BCUT2D eigenvalue weighted by atomic mass is 32.2. The minimum absolute atomic E-state index is 0.00432. The molecule has 0 unspecified atom stereocenters. The lowest BCUT2D eigenvalue weighted by atomic mass is 9.52. The van der Waals surface area contributed by atoms with Gasteiger partial charge in [-0.2, -0.15) is 0 Å². The Bertz CT molecular complexity index is 1260. The number of carbonyl (C=O) groups is 3. The predicted octanol–water partition coefficient (Wildman–Crippen LogP) is 2.87. The van der Waals surface area contributed by atoms with E-state index in [-0.39, 0.29) is 23.3 Å². The van der Waals surface area contributed by atoms with Gasteiger partial charge in [0.1, 0.15) is 0 Å². The summed E-state index contributed by atoms with van der Waals surface area (Å²) in [4.78, 5) is 43.2. The van der Waals surface area contributed by atoms with Gasteiger partial charge in [-0.05, 0) is 93.1 Å². The molecule has 2 saturated heterocycles. The van der Waals surface area contributed by atoms with Crippen molar-refractivity contribution in [3.63, 3.8) is 0 Å². The van der Waals surface area contributed by atoms with Crippen LogP contribution in [0.15, 0.2) is 18.2 Å². The summed E-state index contributed by atoms with van der Waals surface area (Å²) < 4.78 is 24.1. The van der Waals surface area contributed by atoms with Gasteiger partial charge in [0, 0.05) is 19.6 Å². The quantitative estimate of drug-likeness (QED) is 0.577. The van der Waals surface area contributed by atoms with Crippen LogP contribution >= 0.6 is 0 Å². The van der Waals surface area contributed by atoms with Crippen LogP contribution in [0.1, 0.15) is 72.1 Å². The van der Waals surface area contributed by atoms with Crippen LogP contribution in [0.2, 0.25) is 0 Å². The van der Waals surface area contributed by atoms with Crippen molar-refractivity contribution in [1.29, 1.82) is 0 Å². The Morgan fingerprint density at radius 2 is 1.71 bits per heavy atom. The predicted molar refractivity (Wildman–Crippen MR) is 142 cm³/mol. The number of rotatable bonds is 5. The highest BCUT2D eigenvalue weighted by Gasteiger charge is 2.48. The molecule has 4 saturated carbocycles. The molecule has 38 heavy (non-hydrogen) atoms. The normalized spacial score (nSPS) is 37.1. The van der Waals surface area contributed by atoms with Gasteiger partial charge in [0.15, 0.2) is 9.84 Å². The number of fused-ring (bicyclic) bond motifs is 1. The summed E-state index contributed by atoms with van der Waals surface area (Å²) >= 11 is 0. The molecule has 3 amide bonds. The molecular weight excluding hydrogens is 502 g/mol. The van der Waals surface area contributed by atoms with Crippen molar-refractivity contribution in [2.45, 2.75) is 57.4 Å². The van der Waals surface area contributed by atoms with Crippen LogP contribution in [0.25, 0.3) is 0 Å². The molecule has 0 radical (unpaired) electrons. The van der Waals surface area contributed by atoms with Gasteiger partial charge in [-0.25, -0.2) is 8.42 Å². The van der Waals surface area contributed by atoms with Gasteiger partial charge in [-0.3, -0.25) is 19.3 Å². The van der Waals surface area contributed by atoms with Crippen LogP contribution in [0.3, 0.4) is 0 Å². The topological polar surface area (TPSA) is 104 Å². The van der Waals surface area contributed by atoms with E-state index >= 15 is 0 Å². The Balaban J connectivity index is 1.04. The number of hydrogen-bond acceptors (Lipinski definition) is 6. The summed E-state index contributed by atoms with van der Waals surface area (Å²) in [6, 6.07) is 4.69. The molecule has 1 aromatic carbocycles. The fraction of sp³-hybridized carbons (Fsp3) is 0.690. The molecule has 7 aliphatic rings. The average molecular weight is 540 g/mol. The molecule has 0 aromatic heterocycles. The maximum Gasteiger partial charge on any atom is 0.263 e. The zero-order valence-electron chi connectivity index (χ0n) is 21.8. The minimum Gasteiger partial charge on any atom is -0.370 e. The van der Waals surface area contributed by atoms with Crippen LogP contribution in [0.5, 0.6) is 0 Å². The molecule has 6 fully saturated rings. The molecule has 8 nitrogen and oxygen atoms in total. The summed E-state index contributed by atoms with van der Waals surface area (Å²) in [6.45, 7) is 2.02. The monoisotopic (exact) mass is 539 g/mol. The van der Waals surface area contributed by atoms with E-state index in [0.717, 1.165) is 54.5 Å². The third-order valence-corrected chi connectivity index (χ3v) is 12.3. The fourth-order valence-corrected chi connectivity index (χ4v) is 10.7. The van der Waals surface area contributed by atoms with Crippen LogP contribution in [0.4, 0.5) is 5.69 Å². The maximum atomic E-state index is 13.5. The van der Waals surface area contributed by atoms with Crippen LogP contribution < -0.4 is 10.2 Å². The van der Waals surface area contributed by atoms with Crippen molar-refractivity contribution < 1.29 is 22.8 Å². The molecule has 0 spiro atoms. The second-order valence-electron chi connectivity index (χ2n) is 12.9. The smallest absolute Gasteiger partial charge is 0.263 e. The lowest BCUT2D eigenvalue weighted by molar-refractivity contribution is -0.126. The molecule has 3 heterocycles. The van der Waals surface area contributed by atoms with E-state index in [1.165, 1.54) is 32.1 Å². The number of carbonyl (C=O) groups excluding carboxylic acids is 3. The van der Waals surface area contributed by atoms with E-state index < -0.39 is 27.7 Å². The molecule has 204 valence electrons. The highest BCUT2D eigenvalue weighted by Crippen LogP contribution is 2.56. The molecular formula is C29H37N3O5S. The highest BCUT2D eigenvalue weighted by molar-refractivity contribution is 7.91. The standard InChI is InChI=1S/C29H37N3O5S/c33-27(30-14-24-20-10-17-9-18(12-20)13-21(24)11-17)19-3-2-7-31(15-19)25-5-1-4-23-26(25)29(35)32(28(23)34)22-6-8-38(36,37)16-22/h1,4-5,17-22,24H,2-3,6-16H2,(H,30,33)/t17?,18?,19-,20?,21?,22-,24?/m1/s1. The molecule has 4 aliphatic carbocycles. The number of hydrogen-bond donors (Lipinski definition) is 1. The summed E-state index contributed by atoms with van der Waals surface area (Å²) in [6.07, 6.45) is 8.77. The Hall–Kier alpha value is -2.42. The lowest BCUT2D eigenvalue weighted by Crippen LogP contribution is -2.50. The number of anilines is 1. The molecule has 1 N–H and O–H groups in total. The zero-order chi connectivity index (χ0) is 26.2. The summed E-state index contributed by atoms with van der Waals surface area (Å²) in [5.41, 5.74) is 1.38. The van der Waals surface area contributed by atoms with E-state index in [1.54, 1.807) is 12.1 Å². The van der Waals surface area contributed by atoms with Gasteiger partial charge in [-0.1, -0.05) is 6.07 Å². The van der Waals surface area contributed by atoms with Crippen LogP contribution in [-0.2, 0) is 14.6 Å². The number of nitrogens with zero attached hydrogens (tertiary/aromatic N) is 2. The first-order chi connectivity index (χ1) is 18.3. The molecule has 3 aliphatic heterocycles. The number of amides is 3. The van der Waals surface area contributed by atoms with Gasteiger partial charge in [0.2, 0.25) is 5.91 Å². The van der Waals surface area contributed by atoms with Crippen molar-refractivity contribution in [1.82, 2.24) is 10.2 Å². The minimum atomic E-state index is -3.24. The van der Waals surface area contributed by atoms with Gasteiger partial charge in [0.25, 0.3) is 11.8 Å².